The lowest BCUT2D eigenvalue weighted by molar-refractivity contribution is -0.140. The summed E-state index contributed by atoms with van der Waals surface area (Å²) in [5, 5.41) is 31.6. The molecule has 0 spiro atoms. The molecule has 0 bridgehead atoms. The third kappa shape index (κ3) is 5.54. The van der Waals surface area contributed by atoms with E-state index in [0.717, 1.165) is 40.7 Å². The van der Waals surface area contributed by atoms with Gasteiger partial charge in [0.25, 0.3) is 0 Å². The fourth-order valence-corrected chi connectivity index (χ4v) is 6.00. The number of aromatic hydroxyl groups is 1. The number of hydrogen-bond acceptors (Lipinski definition) is 5. The van der Waals surface area contributed by atoms with Crippen molar-refractivity contribution in [3.8, 4) is 5.75 Å². The summed E-state index contributed by atoms with van der Waals surface area (Å²) in [6.07, 6.45) is 5.58. The average molecular weight is 484 g/mol. The highest BCUT2D eigenvalue weighted by Crippen LogP contribution is 2.46. The minimum atomic E-state index is -0.778. The van der Waals surface area contributed by atoms with Crippen LogP contribution in [-0.2, 0) is 9.59 Å². The lowest BCUT2D eigenvalue weighted by Gasteiger charge is -2.35. The van der Waals surface area contributed by atoms with Gasteiger partial charge < -0.3 is 15.3 Å². The van der Waals surface area contributed by atoms with E-state index in [2.05, 4.69) is 13.0 Å². The molecule has 6 heteroatoms. The van der Waals surface area contributed by atoms with Crippen molar-refractivity contribution in [1.82, 2.24) is 4.90 Å². The number of carbonyl (C=O) groups is 2. The van der Waals surface area contributed by atoms with E-state index in [-0.39, 0.29) is 18.4 Å². The van der Waals surface area contributed by atoms with Gasteiger partial charge in [0.1, 0.15) is 5.75 Å². The van der Waals surface area contributed by atoms with Crippen molar-refractivity contribution in [2.45, 2.75) is 79.2 Å². The van der Waals surface area contributed by atoms with Gasteiger partial charge in [0.15, 0.2) is 0 Å². The van der Waals surface area contributed by atoms with Crippen LogP contribution in [0, 0.1) is 31.6 Å². The highest BCUT2D eigenvalue weighted by Gasteiger charge is 2.54. The number of phenolic OH excluding ortho intramolecular Hbond substituents is 1. The molecule has 1 aromatic rings. The van der Waals surface area contributed by atoms with Gasteiger partial charge in [-0.15, -0.1) is 0 Å². The Labute approximate surface area is 209 Å². The van der Waals surface area contributed by atoms with Crippen molar-refractivity contribution in [3.63, 3.8) is 0 Å². The van der Waals surface area contributed by atoms with Crippen LogP contribution in [0.4, 0.5) is 0 Å². The van der Waals surface area contributed by atoms with Crippen LogP contribution in [0.15, 0.2) is 28.9 Å². The van der Waals surface area contributed by atoms with Crippen molar-refractivity contribution in [2.75, 3.05) is 13.2 Å². The zero-order chi connectivity index (χ0) is 25.9. The van der Waals surface area contributed by atoms with E-state index in [0.29, 0.717) is 38.0 Å². The third-order valence-corrected chi connectivity index (χ3v) is 7.62. The normalized spacial score (nSPS) is 23.8. The number of nitrogens with zero attached hydrogens (tertiary/aromatic N) is 1. The summed E-state index contributed by atoms with van der Waals surface area (Å²) < 4.78 is 0. The van der Waals surface area contributed by atoms with Crippen LogP contribution in [0.3, 0.4) is 0 Å². The number of aliphatic hydroxyl groups excluding tert-OH is 2. The molecule has 1 saturated heterocycles. The van der Waals surface area contributed by atoms with Gasteiger partial charge in [0, 0.05) is 12.5 Å². The smallest absolute Gasteiger partial charge is 0.233 e. The maximum absolute atomic E-state index is 13.1. The Balaban J connectivity index is 1.81. The minimum Gasteiger partial charge on any atom is -0.507 e. The van der Waals surface area contributed by atoms with Crippen LogP contribution in [0.5, 0.6) is 5.75 Å². The van der Waals surface area contributed by atoms with Gasteiger partial charge >= 0.3 is 0 Å². The monoisotopic (exact) mass is 483 g/mol. The Morgan fingerprint density at radius 3 is 2.31 bits per heavy atom. The first-order valence-electron chi connectivity index (χ1n) is 13.0. The van der Waals surface area contributed by atoms with Crippen molar-refractivity contribution in [3.05, 3.63) is 45.5 Å². The van der Waals surface area contributed by atoms with E-state index < -0.39 is 23.9 Å². The number of fused-ring (bicyclic) bond motifs is 1. The number of imide groups is 1. The van der Waals surface area contributed by atoms with E-state index in [1.54, 1.807) is 0 Å². The Bertz CT molecular complexity index is 1000. The third-order valence-electron chi connectivity index (χ3n) is 7.62. The SMILES string of the molecule is CCC/C(=C\c1cc(C)c(O)c(C)c1)CC[C@@H](O)C1=C(C)C[C@H]2C(=O)N(CCC)C(=O)[C@H]2[C@H]1CO. The second-order valence-electron chi connectivity index (χ2n) is 10.3. The van der Waals surface area contributed by atoms with Gasteiger partial charge in [-0.3, -0.25) is 14.5 Å². The maximum atomic E-state index is 13.1. The molecule has 1 fully saturated rings. The summed E-state index contributed by atoms with van der Waals surface area (Å²) in [5.41, 5.74) is 5.57. The lowest BCUT2D eigenvalue weighted by Crippen LogP contribution is -2.38. The van der Waals surface area contributed by atoms with Crippen LogP contribution >= 0.6 is 0 Å². The highest BCUT2D eigenvalue weighted by molar-refractivity contribution is 6.05. The standard InChI is InChI=1S/C29H41NO5/c1-6-8-20(15-21-12-18(4)27(33)19(5)13-21)9-10-24(32)25-17(3)14-22-26(23(25)16-31)29(35)30(11-7-2)28(22)34/h12-13,15,22-24,26,31-33H,6-11,14,16H2,1-5H3/b20-15+/t22-,23+,24-,26-/m1/s1. The first kappa shape index (κ1) is 27.2. The Kier molecular flexibility index (Phi) is 8.94. The number of aliphatic hydroxyl groups is 2. The van der Waals surface area contributed by atoms with E-state index >= 15 is 0 Å². The first-order valence-corrected chi connectivity index (χ1v) is 13.0. The number of allylic oxidation sites excluding steroid dienone is 2. The Morgan fingerprint density at radius 1 is 1.09 bits per heavy atom. The van der Waals surface area contributed by atoms with Crippen LogP contribution in [-0.4, -0.2) is 51.3 Å². The van der Waals surface area contributed by atoms with Crippen LogP contribution < -0.4 is 0 Å². The fraction of sp³-hybridized carbons (Fsp3) is 0.586. The van der Waals surface area contributed by atoms with Crippen molar-refractivity contribution >= 4 is 17.9 Å². The molecular formula is C29H41NO5. The summed E-state index contributed by atoms with van der Waals surface area (Å²) in [6.45, 7) is 9.91. The Hall–Kier alpha value is -2.44. The van der Waals surface area contributed by atoms with Crippen LogP contribution in [0.2, 0.25) is 0 Å². The van der Waals surface area contributed by atoms with E-state index in [1.165, 1.54) is 10.5 Å². The molecule has 1 aromatic carbocycles. The number of aryl methyl sites for hydroxylation is 2. The molecule has 1 aliphatic carbocycles. The van der Waals surface area contributed by atoms with Gasteiger partial charge in [0.05, 0.1) is 24.5 Å². The zero-order valence-electron chi connectivity index (χ0n) is 21.8. The van der Waals surface area contributed by atoms with E-state index in [1.807, 2.05) is 39.8 Å². The number of likely N-dealkylation sites (tertiary alicyclic amines) is 1. The summed E-state index contributed by atoms with van der Waals surface area (Å²) >= 11 is 0. The predicted molar refractivity (Wildman–Crippen MR) is 138 cm³/mol. The topological polar surface area (TPSA) is 98.1 Å². The molecule has 0 unspecified atom stereocenters. The molecular weight excluding hydrogens is 442 g/mol. The average Bonchev–Trinajstić information content (AvgIpc) is 3.04. The molecule has 3 N–H and O–H groups in total. The molecule has 1 aliphatic heterocycles. The molecule has 192 valence electrons. The van der Waals surface area contributed by atoms with Crippen LogP contribution in [0.1, 0.15) is 76.0 Å². The van der Waals surface area contributed by atoms with Gasteiger partial charge in [-0.05, 0) is 87.3 Å². The molecule has 6 nitrogen and oxygen atoms in total. The number of benzene rings is 1. The van der Waals surface area contributed by atoms with Gasteiger partial charge in [-0.25, -0.2) is 0 Å². The lowest BCUT2D eigenvalue weighted by atomic mass is 9.68. The minimum absolute atomic E-state index is 0.138. The van der Waals surface area contributed by atoms with Crippen molar-refractivity contribution < 1.29 is 24.9 Å². The zero-order valence-corrected chi connectivity index (χ0v) is 21.8. The predicted octanol–water partition coefficient (Wildman–Crippen LogP) is 4.67. The molecule has 35 heavy (non-hydrogen) atoms. The van der Waals surface area contributed by atoms with E-state index in [4.69, 9.17) is 0 Å². The molecule has 0 aromatic heterocycles. The number of hydrogen-bond donors (Lipinski definition) is 3. The van der Waals surface area contributed by atoms with Crippen molar-refractivity contribution in [1.29, 1.82) is 0 Å². The van der Waals surface area contributed by atoms with Gasteiger partial charge in [0.2, 0.25) is 11.8 Å². The molecule has 0 radical (unpaired) electrons. The molecule has 3 rings (SSSR count). The number of amides is 2. The summed E-state index contributed by atoms with van der Waals surface area (Å²) in [4.78, 5) is 27.3. The molecule has 4 atom stereocenters. The van der Waals surface area contributed by atoms with E-state index in [9.17, 15) is 24.9 Å². The Morgan fingerprint density at radius 2 is 1.74 bits per heavy atom. The second kappa shape index (κ2) is 11.5. The number of phenols is 1. The van der Waals surface area contributed by atoms with Crippen LogP contribution in [0.25, 0.3) is 6.08 Å². The number of rotatable bonds is 10. The molecule has 1 heterocycles. The second-order valence-corrected chi connectivity index (χ2v) is 10.3. The largest absolute Gasteiger partial charge is 0.507 e. The molecule has 0 saturated carbocycles. The fourth-order valence-electron chi connectivity index (χ4n) is 6.00. The van der Waals surface area contributed by atoms with Gasteiger partial charge in [-0.2, -0.15) is 0 Å². The van der Waals surface area contributed by atoms with Gasteiger partial charge in [-0.1, -0.05) is 37.5 Å². The molecule has 2 aliphatic rings. The quantitative estimate of drug-likeness (QED) is 0.332. The number of carbonyl (C=O) groups excluding carboxylic acids is 2. The first-order chi connectivity index (χ1) is 16.6. The maximum Gasteiger partial charge on any atom is 0.233 e. The summed E-state index contributed by atoms with van der Waals surface area (Å²) in [7, 11) is 0. The summed E-state index contributed by atoms with van der Waals surface area (Å²) in [6, 6.07) is 3.93. The molecule has 2 amide bonds. The summed E-state index contributed by atoms with van der Waals surface area (Å²) in [5.74, 6) is -1.56. The van der Waals surface area contributed by atoms with Crippen molar-refractivity contribution in [2.24, 2.45) is 17.8 Å². The highest BCUT2D eigenvalue weighted by atomic mass is 16.3.